The van der Waals surface area contributed by atoms with E-state index in [1.54, 1.807) is 0 Å². The molecule has 0 aliphatic rings. The molecule has 0 bridgehead atoms. The molecule has 5 heteroatoms. The van der Waals surface area contributed by atoms with Crippen molar-refractivity contribution in [1.82, 2.24) is 0 Å². The minimum absolute atomic E-state index is 0. The standard InChI is InChI=1S/2C21H21P.2CN.Pd/c2*1-4-10-19(11-5-1)16-22(17-20-12-6-2-7-13-20)18-21-14-8-3-9-15-21;2*1-2;/h2*1-15H,16-18H2;;;/q;;2*-1;+2/p+2. The van der Waals surface area contributed by atoms with Gasteiger partial charge in [0, 0.05) is 15.8 Å². The van der Waals surface area contributed by atoms with E-state index in [0.717, 1.165) is 0 Å². The molecular formula is C44H44N2P2Pd+2. The van der Waals surface area contributed by atoms with Crippen LogP contribution in [0.3, 0.4) is 0 Å². The average Bonchev–Trinajstić information content (AvgIpc) is 3.16. The first kappa shape index (κ1) is 41.0. The van der Waals surface area contributed by atoms with Gasteiger partial charge < -0.3 is 23.7 Å². The molecule has 0 saturated carbocycles. The molecule has 0 heterocycles. The van der Waals surface area contributed by atoms with E-state index in [9.17, 15) is 0 Å². The van der Waals surface area contributed by atoms with Gasteiger partial charge in [0.2, 0.25) is 0 Å². The Morgan fingerprint density at radius 2 is 0.388 bits per heavy atom. The van der Waals surface area contributed by atoms with Crippen molar-refractivity contribution in [2.45, 2.75) is 37.0 Å². The van der Waals surface area contributed by atoms with Gasteiger partial charge in [0.15, 0.2) is 0 Å². The van der Waals surface area contributed by atoms with Crippen molar-refractivity contribution < 1.29 is 20.4 Å². The Kier molecular flexibility index (Phi) is 21.6. The van der Waals surface area contributed by atoms with Crippen molar-refractivity contribution in [2.24, 2.45) is 0 Å². The molecule has 2 nitrogen and oxygen atoms in total. The van der Waals surface area contributed by atoms with Crippen molar-refractivity contribution in [3.05, 3.63) is 229 Å². The SMILES string of the molecule is [C-]#N.[C-]#N.[Pd+2].c1ccc(C[PH+](Cc2ccccc2)Cc2ccccc2)cc1.c1ccc(C[PH+](Cc2ccccc2)Cc2ccccc2)cc1. The predicted octanol–water partition coefficient (Wildman–Crippen LogP) is 11.8. The van der Waals surface area contributed by atoms with E-state index < -0.39 is 15.8 Å². The van der Waals surface area contributed by atoms with E-state index in [0.29, 0.717) is 0 Å². The van der Waals surface area contributed by atoms with Gasteiger partial charge in [0.05, 0.1) is 37.0 Å². The number of nitrogens with zero attached hydrogens (tertiary/aromatic N) is 2. The van der Waals surface area contributed by atoms with Crippen LogP contribution in [0.5, 0.6) is 0 Å². The van der Waals surface area contributed by atoms with Gasteiger partial charge >= 0.3 is 20.4 Å². The third-order valence-electron chi connectivity index (χ3n) is 7.78. The van der Waals surface area contributed by atoms with E-state index >= 15 is 0 Å². The summed E-state index contributed by atoms with van der Waals surface area (Å²) >= 11 is 0. The summed E-state index contributed by atoms with van der Waals surface area (Å²) in [5, 5.41) is 12.5. The van der Waals surface area contributed by atoms with Crippen LogP contribution >= 0.6 is 15.8 Å². The summed E-state index contributed by atoms with van der Waals surface area (Å²) in [5.41, 5.74) is 8.85. The third kappa shape index (κ3) is 16.7. The van der Waals surface area contributed by atoms with Crippen molar-refractivity contribution >= 4 is 15.8 Å². The maximum Gasteiger partial charge on any atom is 2.00 e. The molecule has 6 aromatic carbocycles. The van der Waals surface area contributed by atoms with Crippen LogP contribution in [0.25, 0.3) is 0 Å². The second-order valence-corrected chi connectivity index (χ2v) is 16.6. The zero-order valence-electron chi connectivity index (χ0n) is 27.8. The molecule has 0 amide bonds. The van der Waals surface area contributed by atoms with Gasteiger partial charge in [-0.2, -0.15) is 0 Å². The molecule has 0 N–H and O–H groups in total. The van der Waals surface area contributed by atoms with Gasteiger partial charge in [-0.3, -0.25) is 0 Å². The van der Waals surface area contributed by atoms with E-state index in [1.807, 2.05) is 0 Å². The summed E-state index contributed by atoms with van der Waals surface area (Å²) in [4.78, 5) is 0. The molecule has 0 aliphatic heterocycles. The van der Waals surface area contributed by atoms with Gasteiger partial charge in [0.25, 0.3) is 0 Å². The van der Waals surface area contributed by atoms with Crippen LogP contribution in [0, 0.1) is 23.7 Å². The first-order chi connectivity index (χ1) is 23.8. The Bertz CT molecular complexity index is 1360. The first-order valence-corrected chi connectivity index (χ1v) is 20.4. The molecule has 0 radical (unpaired) electrons. The quantitative estimate of drug-likeness (QED) is 0.0707. The molecule has 0 aliphatic carbocycles. The molecule has 0 atom stereocenters. The summed E-state index contributed by atoms with van der Waals surface area (Å²) in [7, 11) is -1.00. The second kappa shape index (κ2) is 25.8. The Hall–Kier alpha value is -4.18. The molecular weight excluding hydrogens is 725 g/mol. The molecule has 0 unspecified atom stereocenters. The summed E-state index contributed by atoms with van der Waals surface area (Å²) in [6.07, 6.45) is 7.39. The van der Waals surface area contributed by atoms with Crippen LogP contribution in [0.15, 0.2) is 182 Å². The van der Waals surface area contributed by atoms with Crippen molar-refractivity contribution in [3.63, 3.8) is 0 Å². The number of benzene rings is 6. The molecule has 0 aromatic heterocycles. The van der Waals surface area contributed by atoms with Gasteiger partial charge in [-0.05, 0) is 33.4 Å². The van der Waals surface area contributed by atoms with Crippen molar-refractivity contribution in [1.29, 1.82) is 10.5 Å². The number of rotatable bonds is 12. The van der Waals surface area contributed by atoms with Crippen LogP contribution in [-0.2, 0) is 57.4 Å². The van der Waals surface area contributed by atoms with E-state index in [-0.39, 0.29) is 20.4 Å². The number of hydrogen-bond donors (Lipinski definition) is 0. The first-order valence-electron chi connectivity index (χ1n) is 16.2. The predicted molar refractivity (Wildman–Crippen MR) is 207 cm³/mol. The van der Waals surface area contributed by atoms with Crippen LogP contribution in [0.1, 0.15) is 33.4 Å². The average molecular weight is 769 g/mol. The van der Waals surface area contributed by atoms with Crippen LogP contribution in [0.2, 0.25) is 0 Å². The molecule has 0 fully saturated rings. The Morgan fingerprint density at radius 1 is 0.265 bits per heavy atom. The number of hydrogen-bond acceptors (Lipinski definition) is 2. The largest absolute Gasteiger partial charge is 2.00 e. The topological polar surface area (TPSA) is 47.6 Å². The normalized spacial score (nSPS) is 9.76. The van der Waals surface area contributed by atoms with Crippen LogP contribution in [0.4, 0.5) is 0 Å². The fourth-order valence-corrected chi connectivity index (χ4v) is 11.3. The van der Waals surface area contributed by atoms with Gasteiger partial charge in [0.1, 0.15) is 0 Å². The molecule has 6 rings (SSSR count). The smallest absolute Gasteiger partial charge is 0.512 e. The maximum atomic E-state index is 6.25. The molecule has 0 saturated heterocycles. The second-order valence-electron chi connectivity index (χ2n) is 11.5. The molecule has 248 valence electrons. The summed E-state index contributed by atoms with van der Waals surface area (Å²) in [5.74, 6) is 0. The minimum Gasteiger partial charge on any atom is -0.512 e. The fourth-order valence-electron chi connectivity index (χ4n) is 5.68. The van der Waals surface area contributed by atoms with E-state index in [2.05, 4.69) is 182 Å². The summed E-state index contributed by atoms with van der Waals surface area (Å²) in [6, 6.07) is 65.6. The van der Waals surface area contributed by atoms with Crippen LogP contribution < -0.4 is 0 Å². The zero-order chi connectivity index (χ0) is 34.1. The molecule has 0 spiro atoms. The van der Waals surface area contributed by atoms with Gasteiger partial charge in [-0.1, -0.05) is 182 Å². The van der Waals surface area contributed by atoms with E-state index in [4.69, 9.17) is 23.7 Å². The van der Waals surface area contributed by atoms with Gasteiger partial charge in [-0.15, -0.1) is 0 Å². The van der Waals surface area contributed by atoms with Crippen LogP contribution in [-0.4, -0.2) is 0 Å². The zero-order valence-corrected chi connectivity index (χ0v) is 31.3. The third-order valence-corrected chi connectivity index (χ3v) is 13.2. The minimum atomic E-state index is -0.502. The summed E-state index contributed by atoms with van der Waals surface area (Å²) < 4.78 is 0. The monoisotopic (exact) mass is 768 g/mol. The van der Waals surface area contributed by atoms with Crippen molar-refractivity contribution in [3.8, 4) is 0 Å². The Balaban J connectivity index is 0.000000303. The Labute approximate surface area is 310 Å². The van der Waals surface area contributed by atoms with Gasteiger partial charge in [-0.25, -0.2) is 0 Å². The van der Waals surface area contributed by atoms with Crippen molar-refractivity contribution in [2.75, 3.05) is 0 Å². The Morgan fingerprint density at radius 3 is 0.510 bits per heavy atom. The fraction of sp³-hybridized carbons (Fsp3) is 0.136. The molecule has 49 heavy (non-hydrogen) atoms. The molecule has 6 aromatic rings. The van der Waals surface area contributed by atoms with E-state index in [1.165, 1.54) is 70.4 Å². The maximum absolute atomic E-state index is 6.25. The summed E-state index contributed by atoms with van der Waals surface area (Å²) in [6.45, 7) is 9.50.